The van der Waals surface area contributed by atoms with Crippen molar-refractivity contribution in [3.63, 3.8) is 0 Å². The highest BCUT2D eigenvalue weighted by Gasteiger charge is 2.28. The maximum absolute atomic E-state index is 12.7. The molecule has 1 aliphatic carbocycles. The predicted molar refractivity (Wildman–Crippen MR) is 109 cm³/mol. The van der Waals surface area contributed by atoms with Gasteiger partial charge < -0.3 is 15.0 Å². The van der Waals surface area contributed by atoms with E-state index in [-0.39, 0.29) is 17.2 Å². The highest BCUT2D eigenvalue weighted by molar-refractivity contribution is 5.81. The van der Waals surface area contributed by atoms with Gasteiger partial charge in [0, 0.05) is 32.2 Å². The van der Waals surface area contributed by atoms with Crippen molar-refractivity contribution in [2.45, 2.75) is 58.1 Å². The van der Waals surface area contributed by atoms with Crippen molar-refractivity contribution < 1.29 is 14.3 Å². The number of carbonyl (C=O) groups excluding carboxylic acids is 2. The third-order valence-corrected chi connectivity index (χ3v) is 5.37. The van der Waals surface area contributed by atoms with Gasteiger partial charge in [-0.25, -0.2) is 0 Å². The molecule has 2 aliphatic rings. The molecule has 1 unspecified atom stereocenters. The Kier molecular flexibility index (Phi) is 6.28. The molecule has 2 amide bonds. The largest absolute Gasteiger partial charge is 0.481 e. The molecule has 1 aromatic rings. The Morgan fingerprint density at radius 1 is 1.11 bits per heavy atom. The van der Waals surface area contributed by atoms with Gasteiger partial charge in [0.2, 0.25) is 5.91 Å². The number of rotatable bonds is 6. The molecule has 3 rings (SSSR count). The smallest absolute Gasteiger partial charge is 0.263 e. The van der Waals surface area contributed by atoms with Crippen molar-refractivity contribution >= 4 is 11.8 Å². The van der Waals surface area contributed by atoms with Gasteiger partial charge in [0.1, 0.15) is 5.75 Å². The van der Waals surface area contributed by atoms with Crippen LogP contribution in [-0.2, 0) is 15.0 Å². The molecule has 6 nitrogen and oxygen atoms in total. The molecule has 6 heteroatoms. The summed E-state index contributed by atoms with van der Waals surface area (Å²) in [5.41, 5.74) is 1.33. The summed E-state index contributed by atoms with van der Waals surface area (Å²) in [6.07, 6.45) is 1.68. The Balaban J connectivity index is 1.44. The number of nitrogens with zero attached hydrogens (tertiary/aromatic N) is 2. The first-order valence-electron chi connectivity index (χ1n) is 10.3. The molecule has 0 radical (unpaired) electrons. The second-order valence-corrected chi connectivity index (χ2v) is 8.98. The first-order chi connectivity index (χ1) is 13.2. The molecule has 1 saturated heterocycles. The highest BCUT2D eigenvalue weighted by Crippen LogP contribution is 2.25. The van der Waals surface area contributed by atoms with Gasteiger partial charge in [-0.15, -0.1) is 0 Å². The molecule has 1 N–H and O–H groups in total. The minimum atomic E-state index is -0.523. The summed E-state index contributed by atoms with van der Waals surface area (Å²) in [6.45, 7) is 11.4. The minimum Gasteiger partial charge on any atom is -0.481 e. The predicted octanol–water partition coefficient (Wildman–Crippen LogP) is 2.17. The van der Waals surface area contributed by atoms with Crippen LogP contribution in [0.4, 0.5) is 0 Å². The molecule has 0 spiro atoms. The Morgan fingerprint density at radius 3 is 2.25 bits per heavy atom. The van der Waals surface area contributed by atoms with E-state index >= 15 is 0 Å². The lowest BCUT2D eigenvalue weighted by atomic mass is 9.87. The van der Waals surface area contributed by atoms with Crippen LogP contribution in [0.2, 0.25) is 0 Å². The Bertz CT molecular complexity index is 684. The molecule has 0 bridgehead atoms. The van der Waals surface area contributed by atoms with Crippen LogP contribution in [0.15, 0.2) is 24.3 Å². The van der Waals surface area contributed by atoms with Gasteiger partial charge in [0.25, 0.3) is 5.91 Å². The van der Waals surface area contributed by atoms with E-state index < -0.39 is 6.10 Å². The summed E-state index contributed by atoms with van der Waals surface area (Å²) in [4.78, 5) is 28.6. The van der Waals surface area contributed by atoms with Crippen molar-refractivity contribution in [1.82, 2.24) is 15.1 Å². The zero-order valence-corrected chi connectivity index (χ0v) is 17.5. The molecule has 1 heterocycles. The van der Waals surface area contributed by atoms with Crippen LogP contribution in [0.5, 0.6) is 5.75 Å². The second kappa shape index (κ2) is 8.52. The molecule has 1 aromatic carbocycles. The molecule has 1 saturated carbocycles. The third-order valence-electron chi connectivity index (χ3n) is 5.37. The van der Waals surface area contributed by atoms with Gasteiger partial charge in [-0.2, -0.15) is 0 Å². The number of piperazine rings is 1. The van der Waals surface area contributed by atoms with Gasteiger partial charge in [-0.3, -0.25) is 14.5 Å². The first-order valence-corrected chi connectivity index (χ1v) is 10.3. The summed E-state index contributed by atoms with van der Waals surface area (Å²) < 4.78 is 5.87. The fourth-order valence-corrected chi connectivity index (χ4v) is 3.38. The van der Waals surface area contributed by atoms with Crippen LogP contribution in [0.25, 0.3) is 0 Å². The average Bonchev–Trinajstić information content (AvgIpc) is 3.45. The minimum absolute atomic E-state index is 0.00183. The van der Waals surface area contributed by atoms with E-state index in [1.807, 2.05) is 17.0 Å². The van der Waals surface area contributed by atoms with Crippen LogP contribution in [0.3, 0.4) is 0 Å². The van der Waals surface area contributed by atoms with Crippen molar-refractivity contribution in [1.29, 1.82) is 0 Å². The molecular weight excluding hydrogens is 354 g/mol. The maximum Gasteiger partial charge on any atom is 0.263 e. The van der Waals surface area contributed by atoms with Crippen molar-refractivity contribution in [3.05, 3.63) is 29.8 Å². The lowest BCUT2D eigenvalue weighted by Crippen LogP contribution is -2.53. The topological polar surface area (TPSA) is 61.9 Å². The average molecular weight is 388 g/mol. The second-order valence-electron chi connectivity index (χ2n) is 8.98. The van der Waals surface area contributed by atoms with E-state index in [4.69, 9.17) is 4.74 Å². The third kappa shape index (κ3) is 5.71. The summed E-state index contributed by atoms with van der Waals surface area (Å²) >= 11 is 0. The van der Waals surface area contributed by atoms with Crippen molar-refractivity contribution in [2.24, 2.45) is 0 Å². The summed E-state index contributed by atoms with van der Waals surface area (Å²) in [6, 6.07) is 8.36. The number of benzene rings is 1. The monoisotopic (exact) mass is 387 g/mol. The van der Waals surface area contributed by atoms with Crippen LogP contribution in [0, 0.1) is 0 Å². The van der Waals surface area contributed by atoms with E-state index in [2.05, 4.69) is 43.1 Å². The van der Waals surface area contributed by atoms with Crippen LogP contribution >= 0.6 is 0 Å². The maximum atomic E-state index is 12.7. The van der Waals surface area contributed by atoms with E-state index in [1.165, 1.54) is 5.56 Å². The molecule has 1 aliphatic heterocycles. The van der Waals surface area contributed by atoms with Gasteiger partial charge >= 0.3 is 0 Å². The zero-order chi connectivity index (χ0) is 20.3. The SMILES string of the molecule is CC(Oc1ccc(C(C)(C)C)cc1)C(=O)N1CCN(CC(=O)NC2CC2)CC1. The number of amides is 2. The lowest BCUT2D eigenvalue weighted by molar-refractivity contribution is -0.139. The van der Waals surface area contributed by atoms with Gasteiger partial charge in [-0.1, -0.05) is 32.9 Å². The van der Waals surface area contributed by atoms with Gasteiger partial charge in [0.05, 0.1) is 6.54 Å². The van der Waals surface area contributed by atoms with Crippen LogP contribution < -0.4 is 10.1 Å². The van der Waals surface area contributed by atoms with Crippen LogP contribution in [-0.4, -0.2) is 66.5 Å². The number of nitrogens with one attached hydrogen (secondary N) is 1. The fourth-order valence-electron chi connectivity index (χ4n) is 3.38. The highest BCUT2D eigenvalue weighted by atomic mass is 16.5. The quantitative estimate of drug-likeness (QED) is 0.813. The van der Waals surface area contributed by atoms with Gasteiger partial charge in [-0.05, 0) is 42.9 Å². The van der Waals surface area contributed by atoms with Gasteiger partial charge in [0.15, 0.2) is 6.10 Å². The molecule has 2 fully saturated rings. The summed E-state index contributed by atoms with van der Waals surface area (Å²) in [7, 11) is 0. The number of ether oxygens (including phenoxy) is 1. The molecule has 1 atom stereocenters. The number of hydrogen-bond donors (Lipinski definition) is 1. The molecule has 28 heavy (non-hydrogen) atoms. The van der Waals surface area contributed by atoms with E-state index in [9.17, 15) is 9.59 Å². The van der Waals surface area contributed by atoms with Crippen molar-refractivity contribution in [3.8, 4) is 5.75 Å². The Hall–Kier alpha value is -2.08. The van der Waals surface area contributed by atoms with E-state index in [1.54, 1.807) is 6.92 Å². The Labute approximate surface area is 168 Å². The molecule has 0 aromatic heterocycles. The standard InChI is InChI=1S/C22H33N3O3/c1-16(28-19-9-5-17(6-10-19)22(2,3)4)21(27)25-13-11-24(12-14-25)15-20(26)23-18-7-8-18/h5-6,9-10,16,18H,7-8,11-15H2,1-4H3,(H,23,26). The zero-order valence-electron chi connectivity index (χ0n) is 17.5. The van der Waals surface area contributed by atoms with E-state index in [0.29, 0.717) is 31.4 Å². The first kappa shape index (κ1) is 20.6. The lowest BCUT2D eigenvalue weighted by Gasteiger charge is -2.35. The number of hydrogen-bond acceptors (Lipinski definition) is 4. The fraction of sp³-hybridized carbons (Fsp3) is 0.636. The van der Waals surface area contributed by atoms with E-state index in [0.717, 1.165) is 25.9 Å². The molecular formula is C22H33N3O3. The number of carbonyl (C=O) groups is 2. The summed E-state index contributed by atoms with van der Waals surface area (Å²) in [5, 5.41) is 3.01. The normalized spacial score (nSPS) is 19.2. The Morgan fingerprint density at radius 2 is 1.71 bits per heavy atom. The van der Waals surface area contributed by atoms with Crippen LogP contribution in [0.1, 0.15) is 46.1 Å². The molecule has 154 valence electrons. The van der Waals surface area contributed by atoms with Crippen molar-refractivity contribution in [2.75, 3.05) is 32.7 Å². The summed E-state index contributed by atoms with van der Waals surface area (Å²) in [5.74, 6) is 0.809.